The molecule has 2 heterocycles. The van der Waals surface area contributed by atoms with Crippen molar-refractivity contribution < 1.29 is 4.74 Å². The number of likely N-dealkylation sites (tertiary alicyclic amines) is 1. The zero-order valence-corrected chi connectivity index (χ0v) is 11.9. The van der Waals surface area contributed by atoms with Gasteiger partial charge in [-0.15, -0.1) is 0 Å². The third kappa shape index (κ3) is 2.85. The van der Waals surface area contributed by atoms with Crippen LogP contribution in [-0.2, 0) is 0 Å². The van der Waals surface area contributed by atoms with E-state index in [0.717, 1.165) is 16.6 Å². The van der Waals surface area contributed by atoms with Gasteiger partial charge in [-0.05, 0) is 50.7 Å². The Balaban J connectivity index is 1.69. The maximum Gasteiger partial charge on any atom is 0.213 e. The van der Waals surface area contributed by atoms with E-state index in [1.807, 2.05) is 30.3 Å². The van der Waals surface area contributed by atoms with Crippen LogP contribution in [0.2, 0.25) is 0 Å². The molecule has 1 atom stereocenters. The number of aromatic nitrogens is 1. The number of likely N-dealkylation sites (N-methyl/N-ethyl adjacent to an activating group) is 1. The number of benzene rings is 1. The Morgan fingerprint density at radius 3 is 3.05 bits per heavy atom. The van der Waals surface area contributed by atoms with Crippen LogP contribution in [0.15, 0.2) is 30.3 Å². The maximum absolute atomic E-state index is 5.87. The number of nitrogen functional groups attached to an aromatic ring is 1. The number of nitrogens with two attached hydrogens (primary N) is 1. The normalized spacial score (nSPS) is 20.1. The first-order valence-electron chi connectivity index (χ1n) is 7.22. The van der Waals surface area contributed by atoms with Gasteiger partial charge in [0.15, 0.2) is 0 Å². The third-order valence-electron chi connectivity index (χ3n) is 4.03. The number of fused-ring (bicyclic) bond motifs is 1. The molecule has 1 aromatic heterocycles. The first-order valence-corrected chi connectivity index (χ1v) is 7.22. The second-order valence-corrected chi connectivity index (χ2v) is 5.54. The predicted octanol–water partition coefficient (Wildman–Crippen LogP) is 2.68. The highest BCUT2D eigenvalue weighted by atomic mass is 16.5. The van der Waals surface area contributed by atoms with Crippen molar-refractivity contribution in [3.63, 3.8) is 0 Å². The van der Waals surface area contributed by atoms with E-state index in [2.05, 4.69) is 16.9 Å². The molecular formula is C16H21N3O. The van der Waals surface area contributed by atoms with E-state index < -0.39 is 0 Å². The molecule has 0 bridgehead atoms. The van der Waals surface area contributed by atoms with Crippen LogP contribution in [0.25, 0.3) is 10.9 Å². The van der Waals surface area contributed by atoms with Crippen LogP contribution in [0.5, 0.6) is 5.88 Å². The molecule has 3 rings (SSSR count). The van der Waals surface area contributed by atoms with Crippen LogP contribution in [0.1, 0.15) is 19.3 Å². The summed E-state index contributed by atoms with van der Waals surface area (Å²) in [7, 11) is 2.17. The number of ether oxygens (including phenoxy) is 1. The van der Waals surface area contributed by atoms with E-state index >= 15 is 0 Å². The summed E-state index contributed by atoms with van der Waals surface area (Å²) in [5.41, 5.74) is 7.45. The Hall–Kier alpha value is -1.81. The Morgan fingerprint density at radius 2 is 2.20 bits per heavy atom. The molecule has 106 valence electrons. The van der Waals surface area contributed by atoms with E-state index in [4.69, 9.17) is 10.5 Å². The second kappa shape index (κ2) is 5.67. The molecule has 1 saturated heterocycles. The molecule has 2 N–H and O–H groups in total. The zero-order chi connectivity index (χ0) is 13.9. The van der Waals surface area contributed by atoms with Crippen molar-refractivity contribution >= 4 is 16.6 Å². The molecule has 0 amide bonds. The van der Waals surface area contributed by atoms with Crippen LogP contribution >= 0.6 is 0 Å². The Morgan fingerprint density at radius 1 is 1.30 bits per heavy atom. The van der Waals surface area contributed by atoms with Crippen molar-refractivity contribution in [3.8, 4) is 5.88 Å². The number of hydrogen-bond acceptors (Lipinski definition) is 4. The fourth-order valence-corrected chi connectivity index (χ4v) is 2.74. The topological polar surface area (TPSA) is 51.4 Å². The lowest BCUT2D eigenvalue weighted by molar-refractivity contribution is 0.123. The summed E-state index contributed by atoms with van der Waals surface area (Å²) >= 11 is 0. The highest BCUT2D eigenvalue weighted by Gasteiger charge is 2.19. The van der Waals surface area contributed by atoms with E-state index in [1.54, 1.807) is 0 Å². The molecule has 0 aliphatic carbocycles. The SMILES string of the molecule is CN1CCCCC1COc1ccc2cc(N)ccc2n1. The van der Waals surface area contributed by atoms with Crippen molar-refractivity contribution in [1.82, 2.24) is 9.88 Å². The summed E-state index contributed by atoms with van der Waals surface area (Å²) in [4.78, 5) is 6.91. The Kier molecular flexibility index (Phi) is 3.74. The maximum atomic E-state index is 5.87. The van der Waals surface area contributed by atoms with Crippen molar-refractivity contribution in [2.75, 3.05) is 25.9 Å². The smallest absolute Gasteiger partial charge is 0.213 e. The monoisotopic (exact) mass is 271 g/mol. The number of anilines is 1. The van der Waals surface area contributed by atoms with Crippen LogP contribution in [-0.4, -0.2) is 36.1 Å². The molecule has 0 spiro atoms. The lowest BCUT2D eigenvalue weighted by Gasteiger charge is -2.31. The van der Waals surface area contributed by atoms with Crippen molar-refractivity contribution in [3.05, 3.63) is 30.3 Å². The minimum absolute atomic E-state index is 0.507. The fourth-order valence-electron chi connectivity index (χ4n) is 2.74. The number of piperidine rings is 1. The van der Waals surface area contributed by atoms with Crippen molar-refractivity contribution in [2.45, 2.75) is 25.3 Å². The van der Waals surface area contributed by atoms with Gasteiger partial charge in [0.25, 0.3) is 0 Å². The van der Waals surface area contributed by atoms with Gasteiger partial charge < -0.3 is 15.4 Å². The molecule has 1 fully saturated rings. The summed E-state index contributed by atoms with van der Waals surface area (Å²) in [6.45, 7) is 1.88. The predicted molar refractivity (Wildman–Crippen MR) is 81.9 cm³/mol. The summed E-state index contributed by atoms with van der Waals surface area (Å²) in [6, 6.07) is 10.2. The van der Waals surface area contributed by atoms with Gasteiger partial charge in [0, 0.05) is 23.2 Å². The van der Waals surface area contributed by atoms with Crippen LogP contribution < -0.4 is 10.5 Å². The van der Waals surface area contributed by atoms with E-state index in [0.29, 0.717) is 18.5 Å². The molecular weight excluding hydrogens is 250 g/mol. The molecule has 4 nitrogen and oxygen atoms in total. The van der Waals surface area contributed by atoms with Crippen LogP contribution in [0.3, 0.4) is 0 Å². The lowest BCUT2D eigenvalue weighted by Crippen LogP contribution is -2.40. The first-order chi connectivity index (χ1) is 9.72. The minimum Gasteiger partial charge on any atom is -0.476 e. The quantitative estimate of drug-likeness (QED) is 0.872. The third-order valence-corrected chi connectivity index (χ3v) is 4.03. The summed E-state index contributed by atoms with van der Waals surface area (Å²) < 4.78 is 5.87. The van der Waals surface area contributed by atoms with Gasteiger partial charge in [-0.1, -0.05) is 6.42 Å². The molecule has 1 aliphatic rings. The van der Waals surface area contributed by atoms with Crippen molar-refractivity contribution in [1.29, 1.82) is 0 Å². The van der Waals surface area contributed by atoms with Crippen molar-refractivity contribution in [2.24, 2.45) is 0 Å². The van der Waals surface area contributed by atoms with Gasteiger partial charge in [-0.2, -0.15) is 0 Å². The largest absolute Gasteiger partial charge is 0.476 e. The average molecular weight is 271 g/mol. The number of pyridine rings is 1. The first kappa shape index (κ1) is 13.2. The highest BCUT2D eigenvalue weighted by molar-refractivity contribution is 5.82. The molecule has 20 heavy (non-hydrogen) atoms. The number of nitrogens with zero attached hydrogens (tertiary/aromatic N) is 2. The van der Waals surface area contributed by atoms with Gasteiger partial charge in [0.2, 0.25) is 5.88 Å². The van der Waals surface area contributed by atoms with Gasteiger partial charge >= 0.3 is 0 Å². The standard InChI is InChI=1S/C16H21N3O/c1-19-9-3-2-4-14(19)11-20-16-8-5-12-10-13(17)6-7-15(12)18-16/h5-8,10,14H,2-4,9,11,17H2,1H3. The molecule has 0 radical (unpaired) electrons. The molecule has 1 unspecified atom stereocenters. The number of rotatable bonds is 3. The Labute approximate surface area is 119 Å². The van der Waals surface area contributed by atoms with Crippen LogP contribution in [0.4, 0.5) is 5.69 Å². The molecule has 1 aliphatic heterocycles. The van der Waals surface area contributed by atoms with E-state index in [-0.39, 0.29) is 0 Å². The summed E-state index contributed by atoms with van der Waals surface area (Å²) in [5.74, 6) is 0.696. The van der Waals surface area contributed by atoms with Gasteiger partial charge in [-0.25, -0.2) is 4.98 Å². The highest BCUT2D eigenvalue weighted by Crippen LogP contribution is 2.20. The molecule has 1 aromatic carbocycles. The lowest BCUT2D eigenvalue weighted by atomic mass is 10.0. The summed E-state index contributed by atoms with van der Waals surface area (Å²) in [5, 5.41) is 1.05. The Bertz CT molecular complexity index is 599. The molecule has 0 saturated carbocycles. The fraction of sp³-hybridized carbons (Fsp3) is 0.438. The molecule has 4 heteroatoms. The van der Waals surface area contributed by atoms with Gasteiger partial charge in [-0.3, -0.25) is 0 Å². The zero-order valence-electron chi connectivity index (χ0n) is 11.9. The van der Waals surface area contributed by atoms with E-state index in [9.17, 15) is 0 Å². The second-order valence-electron chi connectivity index (χ2n) is 5.54. The minimum atomic E-state index is 0.507. The van der Waals surface area contributed by atoms with E-state index in [1.165, 1.54) is 25.8 Å². The summed E-state index contributed by atoms with van der Waals surface area (Å²) in [6.07, 6.45) is 3.80. The van der Waals surface area contributed by atoms with Gasteiger partial charge in [0.05, 0.1) is 5.52 Å². The average Bonchev–Trinajstić information content (AvgIpc) is 2.46. The van der Waals surface area contributed by atoms with Crippen LogP contribution in [0, 0.1) is 0 Å². The van der Waals surface area contributed by atoms with Gasteiger partial charge in [0.1, 0.15) is 6.61 Å². The number of hydrogen-bond donors (Lipinski definition) is 1. The molecule has 2 aromatic rings.